The maximum atomic E-state index is 11.5. The summed E-state index contributed by atoms with van der Waals surface area (Å²) in [5.41, 5.74) is 5.87. The number of hydrogen-bond donors (Lipinski definition) is 2. The summed E-state index contributed by atoms with van der Waals surface area (Å²) >= 11 is 1.29. The van der Waals surface area contributed by atoms with Gasteiger partial charge in [0.25, 0.3) is 5.91 Å². The SMILES string of the molecule is CC1CC1CNC(=O)c1csc(N)n1. The van der Waals surface area contributed by atoms with E-state index in [4.69, 9.17) is 5.73 Å². The van der Waals surface area contributed by atoms with Gasteiger partial charge >= 0.3 is 0 Å². The Balaban J connectivity index is 1.83. The molecule has 1 aliphatic rings. The molecule has 1 amide bonds. The lowest BCUT2D eigenvalue weighted by atomic mass is 10.3. The molecule has 0 saturated heterocycles. The van der Waals surface area contributed by atoms with Gasteiger partial charge in [-0.15, -0.1) is 11.3 Å². The number of nitrogens with two attached hydrogens (primary N) is 1. The monoisotopic (exact) mass is 211 g/mol. The van der Waals surface area contributed by atoms with E-state index < -0.39 is 0 Å². The fraction of sp³-hybridized carbons (Fsp3) is 0.556. The Labute approximate surface area is 86.5 Å². The number of carbonyl (C=O) groups excluding carboxylic acids is 1. The van der Waals surface area contributed by atoms with Gasteiger partial charge in [0.05, 0.1) is 0 Å². The van der Waals surface area contributed by atoms with Crippen LogP contribution in [-0.2, 0) is 0 Å². The van der Waals surface area contributed by atoms with Crippen molar-refractivity contribution >= 4 is 22.4 Å². The molecule has 1 aromatic heterocycles. The van der Waals surface area contributed by atoms with Crippen molar-refractivity contribution in [1.29, 1.82) is 0 Å². The number of nitrogens with zero attached hydrogens (tertiary/aromatic N) is 1. The van der Waals surface area contributed by atoms with E-state index in [1.807, 2.05) is 0 Å². The highest BCUT2D eigenvalue weighted by atomic mass is 32.1. The molecule has 1 aliphatic carbocycles. The first kappa shape index (κ1) is 9.45. The summed E-state index contributed by atoms with van der Waals surface area (Å²) in [6.07, 6.45) is 1.22. The Hall–Kier alpha value is -1.10. The molecule has 1 saturated carbocycles. The lowest BCUT2D eigenvalue weighted by Crippen LogP contribution is -2.26. The summed E-state index contributed by atoms with van der Waals surface area (Å²) in [7, 11) is 0. The molecule has 2 atom stereocenters. The van der Waals surface area contributed by atoms with Crippen molar-refractivity contribution in [2.45, 2.75) is 13.3 Å². The first-order valence-corrected chi connectivity index (χ1v) is 5.54. The van der Waals surface area contributed by atoms with Crippen LogP contribution in [0.4, 0.5) is 5.13 Å². The van der Waals surface area contributed by atoms with E-state index >= 15 is 0 Å². The van der Waals surface area contributed by atoms with E-state index in [1.165, 1.54) is 17.8 Å². The van der Waals surface area contributed by atoms with Gasteiger partial charge in [-0.25, -0.2) is 4.98 Å². The van der Waals surface area contributed by atoms with Crippen molar-refractivity contribution in [3.8, 4) is 0 Å². The number of aromatic nitrogens is 1. The van der Waals surface area contributed by atoms with E-state index in [2.05, 4.69) is 17.2 Å². The molecule has 2 unspecified atom stereocenters. The van der Waals surface area contributed by atoms with Crippen LogP contribution in [0.3, 0.4) is 0 Å². The number of nitrogen functional groups attached to an aromatic ring is 1. The molecule has 0 radical (unpaired) electrons. The Morgan fingerprint density at radius 3 is 3.07 bits per heavy atom. The highest BCUT2D eigenvalue weighted by Crippen LogP contribution is 2.36. The molecule has 1 heterocycles. The smallest absolute Gasteiger partial charge is 0.270 e. The summed E-state index contributed by atoms with van der Waals surface area (Å²) < 4.78 is 0. The fourth-order valence-electron chi connectivity index (χ4n) is 1.39. The molecular weight excluding hydrogens is 198 g/mol. The van der Waals surface area contributed by atoms with Gasteiger partial charge in [0.2, 0.25) is 0 Å². The Morgan fingerprint density at radius 1 is 1.86 bits per heavy atom. The number of hydrogen-bond acceptors (Lipinski definition) is 4. The van der Waals surface area contributed by atoms with Gasteiger partial charge in [0.15, 0.2) is 5.13 Å². The van der Waals surface area contributed by atoms with E-state index in [0.29, 0.717) is 16.7 Å². The largest absolute Gasteiger partial charge is 0.375 e. The average molecular weight is 211 g/mol. The number of amides is 1. The van der Waals surface area contributed by atoms with Crippen LogP contribution in [0.1, 0.15) is 23.8 Å². The van der Waals surface area contributed by atoms with Crippen molar-refractivity contribution < 1.29 is 4.79 Å². The predicted molar refractivity (Wildman–Crippen MR) is 56.1 cm³/mol. The number of nitrogens with one attached hydrogen (secondary N) is 1. The lowest BCUT2D eigenvalue weighted by Gasteiger charge is -2.00. The lowest BCUT2D eigenvalue weighted by molar-refractivity contribution is 0.0947. The van der Waals surface area contributed by atoms with Gasteiger partial charge < -0.3 is 11.1 Å². The van der Waals surface area contributed by atoms with Gasteiger partial charge in [-0.3, -0.25) is 4.79 Å². The maximum absolute atomic E-state index is 11.5. The standard InChI is InChI=1S/C9H13N3OS/c1-5-2-6(5)3-11-8(13)7-4-14-9(10)12-7/h4-6H,2-3H2,1H3,(H2,10,12)(H,11,13). The second-order valence-electron chi connectivity index (χ2n) is 3.75. The summed E-state index contributed by atoms with van der Waals surface area (Å²) in [6, 6.07) is 0. The molecule has 2 rings (SSSR count). The average Bonchev–Trinajstić information content (AvgIpc) is 2.66. The molecule has 1 fully saturated rings. The highest BCUT2D eigenvalue weighted by Gasteiger charge is 2.32. The fourth-order valence-corrected chi connectivity index (χ4v) is 1.93. The minimum atomic E-state index is -0.114. The molecule has 0 aromatic carbocycles. The van der Waals surface area contributed by atoms with Crippen molar-refractivity contribution in [3.05, 3.63) is 11.1 Å². The van der Waals surface area contributed by atoms with Gasteiger partial charge in [0, 0.05) is 11.9 Å². The van der Waals surface area contributed by atoms with Crippen molar-refractivity contribution in [2.75, 3.05) is 12.3 Å². The van der Waals surface area contributed by atoms with E-state index in [9.17, 15) is 4.79 Å². The molecule has 0 bridgehead atoms. The van der Waals surface area contributed by atoms with Crippen molar-refractivity contribution in [3.63, 3.8) is 0 Å². The highest BCUT2D eigenvalue weighted by molar-refractivity contribution is 7.13. The molecular formula is C9H13N3OS. The zero-order valence-corrected chi connectivity index (χ0v) is 8.80. The van der Waals surface area contributed by atoms with Crippen molar-refractivity contribution in [2.24, 2.45) is 11.8 Å². The maximum Gasteiger partial charge on any atom is 0.270 e. The van der Waals surface area contributed by atoms with Crippen molar-refractivity contribution in [1.82, 2.24) is 10.3 Å². The molecule has 0 aliphatic heterocycles. The van der Waals surface area contributed by atoms with Gasteiger partial charge in [-0.2, -0.15) is 0 Å². The summed E-state index contributed by atoms with van der Waals surface area (Å²) in [5.74, 6) is 1.31. The minimum Gasteiger partial charge on any atom is -0.375 e. The third kappa shape index (κ3) is 2.04. The summed E-state index contributed by atoms with van der Waals surface area (Å²) in [5, 5.41) is 4.98. The number of carbonyl (C=O) groups is 1. The van der Waals surface area contributed by atoms with Crippen LogP contribution in [0, 0.1) is 11.8 Å². The van der Waals surface area contributed by atoms with Crippen LogP contribution in [0.15, 0.2) is 5.38 Å². The van der Waals surface area contributed by atoms with Crippen LogP contribution in [0.25, 0.3) is 0 Å². The molecule has 4 nitrogen and oxygen atoms in total. The normalized spacial score (nSPS) is 24.6. The van der Waals surface area contributed by atoms with E-state index in [0.717, 1.165) is 12.5 Å². The zero-order chi connectivity index (χ0) is 10.1. The zero-order valence-electron chi connectivity index (χ0n) is 7.99. The topological polar surface area (TPSA) is 68.0 Å². The Bertz CT molecular complexity index is 350. The summed E-state index contributed by atoms with van der Waals surface area (Å²) in [6.45, 7) is 2.95. The first-order valence-electron chi connectivity index (χ1n) is 4.66. The van der Waals surface area contributed by atoms with Crippen LogP contribution in [0.2, 0.25) is 0 Å². The van der Waals surface area contributed by atoms with E-state index in [1.54, 1.807) is 5.38 Å². The quantitative estimate of drug-likeness (QED) is 0.787. The van der Waals surface area contributed by atoms with Gasteiger partial charge in [-0.1, -0.05) is 6.92 Å². The van der Waals surface area contributed by atoms with Crippen LogP contribution in [0.5, 0.6) is 0 Å². The van der Waals surface area contributed by atoms with Gasteiger partial charge in [-0.05, 0) is 18.3 Å². The van der Waals surface area contributed by atoms with Crippen LogP contribution < -0.4 is 11.1 Å². The third-order valence-corrected chi connectivity index (χ3v) is 3.23. The second-order valence-corrected chi connectivity index (χ2v) is 4.64. The first-order chi connectivity index (χ1) is 6.66. The predicted octanol–water partition coefficient (Wildman–Crippen LogP) is 1.11. The molecule has 76 valence electrons. The molecule has 3 N–H and O–H groups in total. The molecule has 0 spiro atoms. The molecule has 14 heavy (non-hydrogen) atoms. The number of anilines is 1. The van der Waals surface area contributed by atoms with Crippen LogP contribution >= 0.6 is 11.3 Å². The summed E-state index contributed by atoms with van der Waals surface area (Å²) in [4.78, 5) is 15.4. The number of rotatable bonds is 3. The Kier molecular flexibility index (Phi) is 2.41. The van der Waals surface area contributed by atoms with Gasteiger partial charge in [0.1, 0.15) is 5.69 Å². The molecule has 5 heteroatoms. The Morgan fingerprint density at radius 2 is 2.57 bits per heavy atom. The molecule has 1 aromatic rings. The van der Waals surface area contributed by atoms with E-state index in [-0.39, 0.29) is 5.91 Å². The van der Waals surface area contributed by atoms with Crippen LogP contribution in [-0.4, -0.2) is 17.4 Å². The third-order valence-electron chi connectivity index (χ3n) is 2.56. The second kappa shape index (κ2) is 3.57. The number of thiazole rings is 1. The minimum absolute atomic E-state index is 0.114.